The van der Waals surface area contributed by atoms with E-state index in [0.717, 1.165) is 11.3 Å². The third-order valence-electron chi connectivity index (χ3n) is 4.40. The number of phenols is 1. The Morgan fingerprint density at radius 2 is 1.57 bits per heavy atom. The van der Waals surface area contributed by atoms with Crippen LogP contribution in [0.2, 0.25) is 5.02 Å². The first kappa shape index (κ1) is 19.6. The van der Waals surface area contributed by atoms with Gasteiger partial charge in [0.15, 0.2) is 0 Å². The minimum Gasteiger partial charge on any atom is -0.507 e. The van der Waals surface area contributed by atoms with Gasteiger partial charge in [0.1, 0.15) is 5.75 Å². The monoisotopic (exact) mass is 411 g/mol. The highest BCUT2D eigenvalue weighted by Crippen LogP contribution is 2.31. The first-order valence-electron chi connectivity index (χ1n) is 9.38. The van der Waals surface area contributed by atoms with Crippen LogP contribution >= 0.6 is 11.6 Å². The zero-order valence-corrected chi connectivity index (χ0v) is 16.7. The highest BCUT2D eigenvalue weighted by molar-refractivity contribution is 6.31. The van der Waals surface area contributed by atoms with Gasteiger partial charge in [-0.2, -0.15) is 0 Å². The number of aliphatic imine (C=N–C) groups is 2. The largest absolute Gasteiger partial charge is 0.507 e. The van der Waals surface area contributed by atoms with E-state index < -0.39 is 0 Å². The molecule has 3 aromatic carbocycles. The minimum atomic E-state index is 0.108. The number of benzene rings is 3. The molecular formula is C25H18ClN3O. The Balaban J connectivity index is 1.84. The molecule has 0 saturated carbocycles. The third-order valence-corrected chi connectivity index (χ3v) is 4.63. The molecule has 0 amide bonds. The van der Waals surface area contributed by atoms with Gasteiger partial charge in [-0.05, 0) is 42.5 Å². The second-order valence-electron chi connectivity index (χ2n) is 6.49. The van der Waals surface area contributed by atoms with E-state index in [9.17, 15) is 5.11 Å². The van der Waals surface area contributed by atoms with E-state index in [1.807, 2.05) is 72.8 Å². The molecule has 1 aromatic heterocycles. The van der Waals surface area contributed by atoms with Gasteiger partial charge in [0.05, 0.1) is 29.0 Å². The Morgan fingerprint density at radius 3 is 2.33 bits per heavy atom. The van der Waals surface area contributed by atoms with E-state index in [2.05, 4.69) is 9.98 Å². The molecule has 0 aliphatic carbocycles. The van der Waals surface area contributed by atoms with E-state index in [-0.39, 0.29) is 5.75 Å². The summed E-state index contributed by atoms with van der Waals surface area (Å²) < 4.78 is 0. The lowest BCUT2D eigenvalue weighted by Crippen LogP contribution is -2.03. The lowest BCUT2D eigenvalue weighted by atomic mass is 10.0. The van der Waals surface area contributed by atoms with Crippen molar-refractivity contribution in [3.63, 3.8) is 0 Å². The second kappa shape index (κ2) is 9.16. The number of hydrogen-bond acceptors (Lipinski definition) is 4. The van der Waals surface area contributed by atoms with Gasteiger partial charge >= 0.3 is 0 Å². The number of para-hydroxylation sites is 2. The van der Waals surface area contributed by atoms with Gasteiger partial charge in [-0.25, -0.2) is 4.99 Å². The molecule has 4 aromatic rings. The standard InChI is InChI=1S/C25H18ClN3O/c26-19-13-14-24(30)21(16-19)25(18-8-2-1-3-9-18)29-23-12-5-4-11-22(23)28-17-20-10-6-7-15-27-20/h1-17,30H. The Morgan fingerprint density at radius 1 is 0.833 bits per heavy atom. The van der Waals surface area contributed by atoms with E-state index in [4.69, 9.17) is 16.6 Å². The predicted octanol–water partition coefficient (Wildman–Crippen LogP) is 6.36. The Labute approximate surface area is 179 Å². The van der Waals surface area contributed by atoms with Crippen molar-refractivity contribution in [3.05, 3.63) is 119 Å². The fraction of sp³-hybridized carbons (Fsp3) is 0. The first-order valence-corrected chi connectivity index (χ1v) is 9.75. The quantitative estimate of drug-likeness (QED) is 0.388. The molecule has 0 aliphatic rings. The normalized spacial score (nSPS) is 11.7. The fourth-order valence-corrected chi connectivity index (χ4v) is 3.12. The highest BCUT2D eigenvalue weighted by Gasteiger charge is 2.13. The molecule has 4 rings (SSSR count). The summed E-state index contributed by atoms with van der Waals surface area (Å²) in [7, 11) is 0. The van der Waals surface area contributed by atoms with Crippen molar-refractivity contribution in [1.82, 2.24) is 4.98 Å². The summed E-state index contributed by atoms with van der Waals surface area (Å²) in [5, 5.41) is 11.0. The molecule has 0 saturated heterocycles. The van der Waals surface area contributed by atoms with Gasteiger partial charge in [0.25, 0.3) is 0 Å². The molecule has 0 fully saturated rings. The van der Waals surface area contributed by atoms with Gasteiger partial charge in [-0.15, -0.1) is 0 Å². The van der Waals surface area contributed by atoms with Crippen LogP contribution in [0.3, 0.4) is 0 Å². The second-order valence-corrected chi connectivity index (χ2v) is 6.93. The Bertz CT molecular complexity index is 1210. The summed E-state index contributed by atoms with van der Waals surface area (Å²) >= 11 is 6.20. The van der Waals surface area contributed by atoms with Crippen molar-refractivity contribution in [2.75, 3.05) is 0 Å². The molecule has 0 bridgehead atoms. The number of phenolic OH excluding ortho intramolecular Hbond substituents is 1. The van der Waals surface area contributed by atoms with Crippen LogP contribution in [0.1, 0.15) is 16.8 Å². The number of rotatable bonds is 5. The molecule has 4 nitrogen and oxygen atoms in total. The van der Waals surface area contributed by atoms with E-state index >= 15 is 0 Å². The zero-order chi connectivity index (χ0) is 20.8. The maximum absolute atomic E-state index is 10.5. The van der Waals surface area contributed by atoms with Gasteiger partial charge in [0, 0.05) is 22.3 Å². The molecular weight excluding hydrogens is 394 g/mol. The maximum Gasteiger partial charge on any atom is 0.125 e. The Kier molecular flexibility index (Phi) is 5.97. The number of nitrogens with zero attached hydrogens (tertiary/aromatic N) is 3. The van der Waals surface area contributed by atoms with Crippen LogP contribution in [-0.4, -0.2) is 22.0 Å². The smallest absolute Gasteiger partial charge is 0.125 e. The summed E-state index contributed by atoms with van der Waals surface area (Å²) in [6, 6.07) is 27.8. The summed E-state index contributed by atoms with van der Waals surface area (Å²) in [5.41, 5.74) is 4.14. The summed E-state index contributed by atoms with van der Waals surface area (Å²) in [4.78, 5) is 13.7. The van der Waals surface area contributed by atoms with Crippen LogP contribution in [0.4, 0.5) is 11.4 Å². The molecule has 1 heterocycles. The number of hydrogen-bond donors (Lipinski definition) is 1. The van der Waals surface area contributed by atoms with Crippen molar-refractivity contribution in [2.24, 2.45) is 9.98 Å². The van der Waals surface area contributed by atoms with Crippen LogP contribution in [0.25, 0.3) is 0 Å². The molecule has 0 aliphatic heterocycles. The molecule has 1 N–H and O–H groups in total. The SMILES string of the molecule is Oc1ccc(Cl)cc1C(=Nc1ccccc1N=Cc1ccccn1)c1ccccc1. The minimum absolute atomic E-state index is 0.108. The number of aromatic hydroxyl groups is 1. The van der Waals surface area contributed by atoms with Gasteiger partial charge in [-0.3, -0.25) is 9.98 Å². The van der Waals surface area contributed by atoms with Crippen LogP contribution in [0.5, 0.6) is 5.75 Å². The van der Waals surface area contributed by atoms with Crippen LogP contribution in [-0.2, 0) is 0 Å². The predicted molar refractivity (Wildman–Crippen MR) is 123 cm³/mol. The van der Waals surface area contributed by atoms with Crippen molar-refractivity contribution < 1.29 is 5.11 Å². The first-order chi connectivity index (χ1) is 14.7. The van der Waals surface area contributed by atoms with Crippen molar-refractivity contribution in [1.29, 1.82) is 0 Å². The van der Waals surface area contributed by atoms with E-state index in [1.54, 1.807) is 30.6 Å². The summed E-state index contributed by atoms with van der Waals surface area (Å²) in [6.07, 6.45) is 3.42. The molecule has 30 heavy (non-hydrogen) atoms. The van der Waals surface area contributed by atoms with Crippen LogP contribution < -0.4 is 0 Å². The average molecular weight is 412 g/mol. The molecule has 5 heteroatoms. The van der Waals surface area contributed by atoms with Crippen molar-refractivity contribution in [3.8, 4) is 5.75 Å². The van der Waals surface area contributed by atoms with Crippen LogP contribution in [0, 0.1) is 0 Å². The van der Waals surface area contributed by atoms with Crippen LogP contribution in [0.15, 0.2) is 107 Å². The molecule has 146 valence electrons. The fourth-order valence-electron chi connectivity index (χ4n) is 2.95. The van der Waals surface area contributed by atoms with Crippen molar-refractivity contribution >= 4 is 34.9 Å². The lowest BCUT2D eigenvalue weighted by Gasteiger charge is -2.11. The lowest BCUT2D eigenvalue weighted by molar-refractivity contribution is 0.474. The van der Waals surface area contributed by atoms with Gasteiger partial charge < -0.3 is 5.11 Å². The summed E-state index contributed by atoms with van der Waals surface area (Å²) in [6.45, 7) is 0. The highest BCUT2D eigenvalue weighted by atomic mass is 35.5. The zero-order valence-electron chi connectivity index (χ0n) is 16.0. The van der Waals surface area contributed by atoms with E-state index in [0.29, 0.717) is 27.7 Å². The van der Waals surface area contributed by atoms with Gasteiger partial charge in [0.2, 0.25) is 0 Å². The summed E-state index contributed by atoms with van der Waals surface area (Å²) in [5.74, 6) is 0.108. The third kappa shape index (κ3) is 4.62. The number of pyridine rings is 1. The molecule has 0 radical (unpaired) electrons. The van der Waals surface area contributed by atoms with Gasteiger partial charge in [-0.1, -0.05) is 60.1 Å². The van der Waals surface area contributed by atoms with Crippen molar-refractivity contribution in [2.45, 2.75) is 0 Å². The Hall–Kier alpha value is -3.76. The molecule has 0 atom stereocenters. The maximum atomic E-state index is 10.5. The molecule has 0 spiro atoms. The number of halogens is 1. The molecule has 0 unspecified atom stereocenters. The number of aromatic nitrogens is 1. The van der Waals surface area contributed by atoms with E-state index in [1.165, 1.54) is 0 Å². The average Bonchev–Trinajstić information content (AvgIpc) is 2.80. The topological polar surface area (TPSA) is 57.8 Å².